The molecule has 1 aromatic rings. The molecule has 0 heterocycles. The first-order valence-corrected chi connectivity index (χ1v) is 5.09. The molecule has 0 aliphatic rings. The first kappa shape index (κ1) is 14.6. The summed E-state index contributed by atoms with van der Waals surface area (Å²) in [5, 5.41) is 11.0. The Morgan fingerprint density at radius 1 is 1.47 bits per heavy atom. The number of rotatable bonds is 3. The molecule has 0 aromatic heterocycles. The summed E-state index contributed by atoms with van der Waals surface area (Å²) in [5.74, 6) is -0.543. The Morgan fingerprint density at radius 3 is 2.68 bits per heavy atom. The summed E-state index contributed by atoms with van der Waals surface area (Å²) in [5.41, 5.74) is -0.134. The van der Waals surface area contributed by atoms with Gasteiger partial charge in [-0.25, -0.2) is 4.79 Å². The highest BCUT2D eigenvalue weighted by molar-refractivity contribution is 5.86. The number of nitriles is 1. The van der Waals surface area contributed by atoms with Crippen LogP contribution in [0, 0.1) is 11.3 Å². The van der Waals surface area contributed by atoms with Gasteiger partial charge in [0.2, 0.25) is 0 Å². The van der Waals surface area contributed by atoms with Gasteiger partial charge in [0.15, 0.2) is 0 Å². The van der Waals surface area contributed by atoms with E-state index >= 15 is 0 Å². The van der Waals surface area contributed by atoms with E-state index in [0.29, 0.717) is 0 Å². The second-order valence-electron chi connectivity index (χ2n) is 3.21. The summed E-state index contributed by atoms with van der Waals surface area (Å²) in [7, 11) is 0. The van der Waals surface area contributed by atoms with Gasteiger partial charge in [0.1, 0.15) is 11.8 Å². The lowest BCUT2D eigenvalue weighted by atomic mass is 10.2. The van der Waals surface area contributed by atoms with E-state index in [4.69, 9.17) is 5.26 Å². The number of anilines is 1. The third-order valence-corrected chi connectivity index (χ3v) is 1.86. The molecule has 0 atom stereocenters. The first-order valence-electron chi connectivity index (χ1n) is 5.09. The lowest BCUT2D eigenvalue weighted by molar-refractivity contribution is -0.274. The van der Waals surface area contributed by atoms with Gasteiger partial charge in [0.25, 0.3) is 0 Å². The molecule has 0 unspecified atom stereocenters. The molecule has 0 aliphatic carbocycles. The number of carbonyl (C=O) groups excluding carboxylic acids is 1. The number of benzene rings is 1. The van der Waals surface area contributed by atoms with Crippen molar-refractivity contribution in [3.8, 4) is 11.8 Å². The molecule has 1 aromatic carbocycles. The number of ether oxygens (including phenoxy) is 2. The van der Waals surface area contributed by atoms with E-state index in [2.05, 4.69) is 14.8 Å². The third-order valence-electron chi connectivity index (χ3n) is 1.86. The SMILES string of the molecule is CCOC(=O)Nc1ccc(OC(F)(F)F)cc1C#N. The van der Waals surface area contributed by atoms with Crippen LogP contribution < -0.4 is 10.1 Å². The number of nitrogens with one attached hydrogen (secondary N) is 1. The van der Waals surface area contributed by atoms with Gasteiger partial charge < -0.3 is 9.47 Å². The summed E-state index contributed by atoms with van der Waals surface area (Å²) in [6.07, 6.45) is -5.65. The van der Waals surface area contributed by atoms with E-state index < -0.39 is 18.2 Å². The van der Waals surface area contributed by atoms with E-state index in [1.807, 2.05) is 0 Å². The van der Waals surface area contributed by atoms with Gasteiger partial charge in [-0.3, -0.25) is 5.32 Å². The number of halogens is 3. The highest BCUT2D eigenvalue weighted by atomic mass is 19.4. The zero-order valence-electron chi connectivity index (χ0n) is 9.75. The number of hydrogen-bond acceptors (Lipinski definition) is 4. The van der Waals surface area contributed by atoms with Crippen molar-refractivity contribution in [2.45, 2.75) is 13.3 Å². The van der Waals surface area contributed by atoms with Crippen molar-refractivity contribution >= 4 is 11.8 Å². The van der Waals surface area contributed by atoms with Gasteiger partial charge in [0, 0.05) is 6.07 Å². The Labute approximate surface area is 106 Å². The Kier molecular flexibility index (Phi) is 4.58. The molecule has 0 spiro atoms. The predicted molar refractivity (Wildman–Crippen MR) is 58.5 cm³/mol. The molecule has 102 valence electrons. The van der Waals surface area contributed by atoms with Crippen LogP contribution in [-0.4, -0.2) is 19.1 Å². The number of amides is 1. The zero-order chi connectivity index (χ0) is 14.5. The zero-order valence-corrected chi connectivity index (χ0v) is 9.75. The maximum Gasteiger partial charge on any atom is 0.573 e. The number of carbonyl (C=O) groups is 1. The minimum absolute atomic E-state index is 0.0375. The standard InChI is InChI=1S/C11H9F3N2O3/c1-2-18-10(17)16-9-4-3-8(5-7(9)6-15)19-11(12,13)14/h3-5H,2H2,1H3,(H,16,17). The fourth-order valence-electron chi connectivity index (χ4n) is 1.20. The van der Waals surface area contributed by atoms with Crippen LogP contribution >= 0.6 is 0 Å². The summed E-state index contributed by atoms with van der Waals surface area (Å²) in [6, 6.07) is 4.63. The van der Waals surface area contributed by atoms with Crippen molar-refractivity contribution in [2.75, 3.05) is 11.9 Å². The summed E-state index contributed by atoms with van der Waals surface area (Å²) < 4.78 is 44.2. The highest BCUT2D eigenvalue weighted by Crippen LogP contribution is 2.26. The molecule has 5 nitrogen and oxygen atoms in total. The van der Waals surface area contributed by atoms with Crippen LogP contribution in [0.4, 0.5) is 23.7 Å². The minimum Gasteiger partial charge on any atom is -0.450 e. The van der Waals surface area contributed by atoms with E-state index in [1.165, 1.54) is 0 Å². The molecule has 0 bridgehead atoms. The molecule has 19 heavy (non-hydrogen) atoms. The highest BCUT2D eigenvalue weighted by Gasteiger charge is 2.31. The molecule has 0 saturated heterocycles. The Balaban J connectivity index is 2.91. The molecule has 1 rings (SSSR count). The van der Waals surface area contributed by atoms with Crippen molar-refractivity contribution in [2.24, 2.45) is 0 Å². The second-order valence-corrected chi connectivity index (χ2v) is 3.21. The van der Waals surface area contributed by atoms with E-state index in [1.54, 1.807) is 13.0 Å². The largest absolute Gasteiger partial charge is 0.573 e. The normalized spacial score (nSPS) is 10.5. The molecule has 0 saturated carbocycles. The lowest BCUT2D eigenvalue weighted by Gasteiger charge is -2.11. The van der Waals surface area contributed by atoms with Gasteiger partial charge >= 0.3 is 12.5 Å². The molecular weight excluding hydrogens is 265 g/mol. The van der Waals surface area contributed by atoms with Gasteiger partial charge in [-0.05, 0) is 19.1 Å². The predicted octanol–water partition coefficient (Wildman–Crippen LogP) is 3.03. The van der Waals surface area contributed by atoms with Crippen LogP contribution in [0.25, 0.3) is 0 Å². The van der Waals surface area contributed by atoms with Crippen molar-refractivity contribution in [3.05, 3.63) is 23.8 Å². The lowest BCUT2D eigenvalue weighted by Crippen LogP contribution is -2.17. The maximum absolute atomic E-state index is 12.0. The molecule has 0 aliphatic heterocycles. The molecular formula is C11H9F3N2O3. The average molecular weight is 274 g/mol. The van der Waals surface area contributed by atoms with Crippen LogP contribution in [-0.2, 0) is 4.74 Å². The van der Waals surface area contributed by atoms with Crippen LogP contribution in [0.2, 0.25) is 0 Å². The van der Waals surface area contributed by atoms with E-state index in [-0.39, 0.29) is 17.9 Å². The topological polar surface area (TPSA) is 71.3 Å². The maximum atomic E-state index is 12.0. The minimum atomic E-state index is -4.84. The van der Waals surface area contributed by atoms with Gasteiger partial charge in [-0.15, -0.1) is 13.2 Å². The Hall–Kier alpha value is -2.43. The number of nitrogens with zero attached hydrogens (tertiary/aromatic N) is 1. The summed E-state index contributed by atoms with van der Waals surface area (Å²) in [4.78, 5) is 11.1. The van der Waals surface area contributed by atoms with Crippen LogP contribution in [0.5, 0.6) is 5.75 Å². The van der Waals surface area contributed by atoms with Gasteiger partial charge in [-0.2, -0.15) is 5.26 Å². The fourth-order valence-corrected chi connectivity index (χ4v) is 1.20. The second kappa shape index (κ2) is 5.95. The first-order chi connectivity index (χ1) is 8.85. The number of alkyl halides is 3. The molecule has 8 heteroatoms. The van der Waals surface area contributed by atoms with Crippen molar-refractivity contribution in [3.63, 3.8) is 0 Å². The molecule has 0 radical (unpaired) electrons. The summed E-state index contributed by atoms with van der Waals surface area (Å²) in [6.45, 7) is 1.72. The van der Waals surface area contributed by atoms with Crippen LogP contribution in [0.3, 0.4) is 0 Å². The van der Waals surface area contributed by atoms with Gasteiger partial charge in [-0.1, -0.05) is 0 Å². The molecule has 0 fully saturated rings. The average Bonchev–Trinajstić information content (AvgIpc) is 2.29. The Bertz CT molecular complexity index is 509. The molecule has 1 amide bonds. The smallest absolute Gasteiger partial charge is 0.450 e. The quantitative estimate of drug-likeness (QED) is 0.919. The Morgan fingerprint density at radius 2 is 2.16 bits per heavy atom. The van der Waals surface area contributed by atoms with Crippen LogP contribution in [0.15, 0.2) is 18.2 Å². The third kappa shape index (κ3) is 4.75. The van der Waals surface area contributed by atoms with Crippen molar-refractivity contribution < 1.29 is 27.4 Å². The fraction of sp³-hybridized carbons (Fsp3) is 0.273. The van der Waals surface area contributed by atoms with Crippen LogP contribution in [0.1, 0.15) is 12.5 Å². The molecule has 1 N–H and O–H groups in total. The van der Waals surface area contributed by atoms with Crippen molar-refractivity contribution in [1.29, 1.82) is 5.26 Å². The van der Waals surface area contributed by atoms with Crippen molar-refractivity contribution in [1.82, 2.24) is 0 Å². The monoisotopic (exact) mass is 274 g/mol. The van der Waals surface area contributed by atoms with E-state index in [0.717, 1.165) is 18.2 Å². The van der Waals surface area contributed by atoms with E-state index in [9.17, 15) is 18.0 Å². The number of hydrogen-bond donors (Lipinski definition) is 1. The van der Waals surface area contributed by atoms with Gasteiger partial charge in [0.05, 0.1) is 17.9 Å². The summed E-state index contributed by atoms with van der Waals surface area (Å²) >= 11 is 0.